The van der Waals surface area contributed by atoms with Crippen molar-refractivity contribution in [2.75, 3.05) is 6.61 Å². The zero-order valence-corrected chi connectivity index (χ0v) is 9.87. The van der Waals surface area contributed by atoms with Gasteiger partial charge in [0, 0.05) is 11.0 Å². The van der Waals surface area contributed by atoms with Crippen molar-refractivity contribution in [2.24, 2.45) is 5.14 Å². The second kappa shape index (κ2) is 3.36. The van der Waals surface area contributed by atoms with Crippen LogP contribution in [0.4, 0.5) is 0 Å². The summed E-state index contributed by atoms with van der Waals surface area (Å²) in [5, 5.41) is 4.80. The monoisotopic (exact) mass is 243 g/mol. The van der Waals surface area contributed by atoms with E-state index >= 15 is 0 Å². The van der Waals surface area contributed by atoms with Gasteiger partial charge in [0.1, 0.15) is 11.5 Å². The highest BCUT2D eigenvalue weighted by Gasteiger charge is 2.32. The fourth-order valence-corrected chi connectivity index (χ4v) is 2.06. The first kappa shape index (κ1) is 11.2. The van der Waals surface area contributed by atoms with E-state index in [0.29, 0.717) is 6.61 Å². The second-order valence-electron chi connectivity index (χ2n) is 4.41. The maximum Gasteiger partial charge on any atom is 0.380 e. The van der Waals surface area contributed by atoms with Crippen molar-refractivity contribution in [3.05, 3.63) is 23.8 Å². The molecule has 5 nitrogen and oxygen atoms in total. The second-order valence-corrected chi connectivity index (χ2v) is 5.56. The summed E-state index contributed by atoms with van der Waals surface area (Å²) in [6.45, 7) is 4.60. The summed E-state index contributed by atoms with van der Waals surface area (Å²) >= 11 is 0. The number of rotatable bonds is 2. The average Bonchev–Trinajstić information content (AvgIpc) is 2.40. The molecule has 0 spiro atoms. The van der Waals surface area contributed by atoms with E-state index in [1.807, 2.05) is 13.8 Å². The maximum atomic E-state index is 10.8. The van der Waals surface area contributed by atoms with Gasteiger partial charge in [0.15, 0.2) is 0 Å². The lowest BCUT2D eigenvalue weighted by Crippen LogP contribution is -2.20. The van der Waals surface area contributed by atoms with Crippen molar-refractivity contribution in [1.29, 1.82) is 0 Å². The zero-order chi connectivity index (χ0) is 12.0. The lowest BCUT2D eigenvalue weighted by atomic mass is 9.87. The molecule has 0 fully saturated rings. The van der Waals surface area contributed by atoms with Gasteiger partial charge in [-0.25, -0.2) is 0 Å². The van der Waals surface area contributed by atoms with Crippen LogP contribution in [0.1, 0.15) is 19.4 Å². The third-order valence-corrected chi connectivity index (χ3v) is 2.91. The summed E-state index contributed by atoms with van der Waals surface area (Å²) < 4.78 is 31.7. The molecule has 2 N–H and O–H groups in total. The smallest absolute Gasteiger partial charge is 0.380 e. The Balaban J connectivity index is 2.40. The van der Waals surface area contributed by atoms with Gasteiger partial charge in [0.25, 0.3) is 0 Å². The summed E-state index contributed by atoms with van der Waals surface area (Å²) in [4.78, 5) is 0. The molecular weight excluding hydrogens is 230 g/mol. The highest BCUT2D eigenvalue weighted by atomic mass is 32.2. The summed E-state index contributed by atoms with van der Waals surface area (Å²) in [6.07, 6.45) is 0. The van der Waals surface area contributed by atoms with Crippen LogP contribution in [0.5, 0.6) is 11.5 Å². The fourth-order valence-electron chi connectivity index (χ4n) is 1.69. The van der Waals surface area contributed by atoms with E-state index in [-0.39, 0.29) is 11.2 Å². The van der Waals surface area contributed by atoms with E-state index < -0.39 is 10.3 Å². The SMILES string of the molecule is CC1(C)COc2ccc(OS(N)(=O)=O)cc21. The lowest BCUT2D eigenvalue weighted by molar-refractivity contribution is 0.291. The molecule has 2 rings (SSSR count). The Morgan fingerprint density at radius 2 is 2.12 bits per heavy atom. The van der Waals surface area contributed by atoms with Gasteiger partial charge in [-0.3, -0.25) is 0 Å². The molecule has 16 heavy (non-hydrogen) atoms. The first-order chi connectivity index (χ1) is 7.28. The molecular formula is C10H13NO4S. The molecule has 0 saturated carbocycles. The predicted octanol–water partition coefficient (Wildman–Crippen LogP) is 0.939. The van der Waals surface area contributed by atoms with Crippen molar-refractivity contribution in [1.82, 2.24) is 0 Å². The van der Waals surface area contributed by atoms with Gasteiger partial charge in [-0.05, 0) is 18.2 Å². The maximum absolute atomic E-state index is 10.8. The van der Waals surface area contributed by atoms with Gasteiger partial charge in [-0.2, -0.15) is 13.6 Å². The molecule has 88 valence electrons. The van der Waals surface area contributed by atoms with Crippen LogP contribution in [0.2, 0.25) is 0 Å². The van der Waals surface area contributed by atoms with Crippen molar-refractivity contribution >= 4 is 10.3 Å². The van der Waals surface area contributed by atoms with Gasteiger partial charge >= 0.3 is 10.3 Å². The number of hydrogen-bond acceptors (Lipinski definition) is 4. The zero-order valence-electron chi connectivity index (χ0n) is 9.06. The fraction of sp³-hybridized carbons (Fsp3) is 0.400. The van der Waals surface area contributed by atoms with Gasteiger partial charge < -0.3 is 8.92 Å². The molecule has 1 aliphatic rings. The topological polar surface area (TPSA) is 78.6 Å². The highest BCUT2D eigenvalue weighted by molar-refractivity contribution is 7.84. The molecule has 6 heteroatoms. The third-order valence-electron chi connectivity index (χ3n) is 2.48. The van der Waals surface area contributed by atoms with E-state index in [0.717, 1.165) is 11.3 Å². The Bertz CT molecular complexity index is 522. The molecule has 0 atom stereocenters. The van der Waals surface area contributed by atoms with Crippen molar-refractivity contribution in [2.45, 2.75) is 19.3 Å². The van der Waals surface area contributed by atoms with Crippen LogP contribution < -0.4 is 14.1 Å². The largest absolute Gasteiger partial charge is 0.492 e. The Morgan fingerprint density at radius 3 is 2.75 bits per heavy atom. The molecule has 0 bridgehead atoms. The minimum atomic E-state index is -3.97. The molecule has 1 heterocycles. The Hall–Kier alpha value is -1.27. The molecule has 1 aromatic rings. The van der Waals surface area contributed by atoms with E-state index in [1.165, 1.54) is 6.07 Å². The summed E-state index contributed by atoms with van der Waals surface area (Å²) in [5.74, 6) is 0.964. The van der Waals surface area contributed by atoms with Crippen LogP contribution in [-0.2, 0) is 15.7 Å². The van der Waals surface area contributed by atoms with Gasteiger partial charge in [0.05, 0.1) is 6.61 Å². The minimum Gasteiger partial charge on any atom is -0.492 e. The quantitative estimate of drug-likeness (QED) is 0.838. The van der Waals surface area contributed by atoms with Crippen LogP contribution in [0.25, 0.3) is 0 Å². The van der Waals surface area contributed by atoms with E-state index in [1.54, 1.807) is 12.1 Å². The van der Waals surface area contributed by atoms with Crippen LogP contribution >= 0.6 is 0 Å². The first-order valence-corrected chi connectivity index (χ1v) is 6.25. The number of ether oxygens (including phenoxy) is 1. The first-order valence-electron chi connectivity index (χ1n) is 4.77. The minimum absolute atomic E-state index is 0.146. The molecule has 0 amide bonds. The van der Waals surface area contributed by atoms with Crippen LogP contribution in [0.15, 0.2) is 18.2 Å². The number of nitrogens with two attached hydrogens (primary N) is 1. The Morgan fingerprint density at radius 1 is 1.44 bits per heavy atom. The Kier molecular flexibility index (Phi) is 2.36. The summed E-state index contributed by atoms with van der Waals surface area (Å²) in [5.41, 5.74) is 0.779. The van der Waals surface area contributed by atoms with E-state index in [9.17, 15) is 8.42 Å². The molecule has 1 aliphatic heterocycles. The highest BCUT2D eigenvalue weighted by Crippen LogP contribution is 2.40. The van der Waals surface area contributed by atoms with E-state index in [2.05, 4.69) is 4.18 Å². The Labute approximate surface area is 94.4 Å². The number of hydrogen-bond donors (Lipinski definition) is 1. The third kappa shape index (κ3) is 2.12. The standard InChI is InChI=1S/C10H13NO4S/c1-10(2)6-14-9-4-3-7(5-8(9)10)15-16(11,12)13/h3-5H,6H2,1-2H3,(H2,11,12,13). The molecule has 0 radical (unpaired) electrons. The molecule has 0 saturated heterocycles. The van der Waals surface area contributed by atoms with Crippen LogP contribution in [0, 0.1) is 0 Å². The normalized spacial score (nSPS) is 17.7. The number of benzene rings is 1. The van der Waals surface area contributed by atoms with Gasteiger partial charge in [-0.15, -0.1) is 0 Å². The molecule has 1 aromatic carbocycles. The van der Waals surface area contributed by atoms with E-state index in [4.69, 9.17) is 9.88 Å². The van der Waals surface area contributed by atoms with Gasteiger partial charge in [-0.1, -0.05) is 13.8 Å². The average molecular weight is 243 g/mol. The van der Waals surface area contributed by atoms with Gasteiger partial charge in [0.2, 0.25) is 0 Å². The van der Waals surface area contributed by atoms with Crippen molar-refractivity contribution in [3.8, 4) is 11.5 Å². The lowest BCUT2D eigenvalue weighted by Gasteiger charge is -2.15. The van der Waals surface area contributed by atoms with Crippen molar-refractivity contribution < 1.29 is 17.3 Å². The predicted molar refractivity (Wildman–Crippen MR) is 58.7 cm³/mol. The molecule has 0 aromatic heterocycles. The number of fused-ring (bicyclic) bond motifs is 1. The molecule has 0 aliphatic carbocycles. The summed E-state index contributed by atoms with van der Waals surface area (Å²) in [7, 11) is -3.97. The molecule has 0 unspecified atom stereocenters. The van der Waals surface area contributed by atoms with Crippen molar-refractivity contribution in [3.63, 3.8) is 0 Å². The summed E-state index contributed by atoms with van der Waals surface area (Å²) in [6, 6.07) is 4.85. The van der Waals surface area contributed by atoms with Crippen LogP contribution in [-0.4, -0.2) is 15.0 Å². The van der Waals surface area contributed by atoms with Crippen LogP contribution in [0.3, 0.4) is 0 Å².